The van der Waals surface area contributed by atoms with E-state index in [2.05, 4.69) is 18.6 Å². The van der Waals surface area contributed by atoms with Crippen LogP contribution >= 0.6 is 0 Å². The van der Waals surface area contributed by atoms with Crippen molar-refractivity contribution in [1.82, 2.24) is 13.3 Å². The molecule has 3 rings (SSSR count). The summed E-state index contributed by atoms with van der Waals surface area (Å²) in [4.78, 5) is 12.0. The van der Waals surface area contributed by atoms with Crippen molar-refractivity contribution in [2.75, 3.05) is 25.0 Å². The summed E-state index contributed by atoms with van der Waals surface area (Å²) >= 11 is -0.0912. The third kappa shape index (κ3) is 2.30. The van der Waals surface area contributed by atoms with Gasteiger partial charge in [-0.2, -0.15) is 0 Å². The van der Waals surface area contributed by atoms with Gasteiger partial charge in [0, 0.05) is 0 Å². The number of nitrogens with zero attached hydrogens (tertiary/aromatic N) is 2. The first-order valence-electron chi connectivity index (χ1n) is 5.69. The van der Waals surface area contributed by atoms with E-state index in [1.165, 1.54) is 0 Å². The second kappa shape index (κ2) is 5.15. The Hall–Kier alpha value is -1.27. The number of fused-ring (bicyclic) bond motifs is 1. The molecule has 1 aliphatic heterocycles. The first kappa shape index (κ1) is 11.8. The van der Waals surface area contributed by atoms with Gasteiger partial charge in [-0.15, -0.1) is 0 Å². The van der Waals surface area contributed by atoms with Gasteiger partial charge in [-0.25, -0.2) is 0 Å². The van der Waals surface area contributed by atoms with Crippen LogP contribution in [0.15, 0.2) is 18.2 Å². The van der Waals surface area contributed by atoms with E-state index >= 15 is 0 Å². The Bertz CT molecular complexity index is 565. The zero-order valence-corrected chi connectivity index (χ0v) is 11.3. The SMILES string of the molecule is O=C(Nc1cccc2n[se]nc12)C1CNCCO1. The van der Waals surface area contributed by atoms with Crippen LogP contribution in [0.4, 0.5) is 5.69 Å². The molecule has 6 nitrogen and oxygen atoms in total. The van der Waals surface area contributed by atoms with Gasteiger partial charge in [0.05, 0.1) is 0 Å². The molecule has 1 atom stereocenters. The molecule has 2 heterocycles. The summed E-state index contributed by atoms with van der Waals surface area (Å²) in [5.74, 6) is -0.134. The molecule has 2 aromatic rings. The van der Waals surface area contributed by atoms with Crippen LogP contribution in [-0.4, -0.2) is 54.6 Å². The molecular weight excluding hydrogens is 299 g/mol. The summed E-state index contributed by atoms with van der Waals surface area (Å²) in [6.45, 7) is 1.90. The van der Waals surface area contributed by atoms with Gasteiger partial charge in [-0.1, -0.05) is 0 Å². The third-order valence-corrected chi connectivity index (χ3v) is 3.90. The molecule has 0 bridgehead atoms. The standard InChI is InChI=1S/C11H12N4O2Se/c16-11(9-6-12-4-5-17-9)13-7-2-1-3-8-10(7)15-18-14-8/h1-3,9,12H,4-6H2,(H,13,16). The van der Waals surface area contributed by atoms with Gasteiger partial charge >= 0.3 is 110 Å². The Morgan fingerprint density at radius 3 is 3.28 bits per heavy atom. The molecule has 94 valence electrons. The molecule has 0 saturated carbocycles. The number of carbonyl (C=O) groups is 1. The number of ether oxygens (including phenoxy) is 1. The van der Waals surface area contributed by atoms with Gasteiger partial charge in [-0.3, -0.25) is 0 Å². The minimum atomic E-state index is -0.432. The second-order valence-corrected chi connectivity index (χ2v) is 5.10. The number of rotatable bonds is 2. The van der Waals surface area contributed by atoms with Crippen LogP contribution in [-0.2, 0) is 9.53 Å². The monoisotopic (exact) mass is 312 g/mol. The van der Waals surface area contributed by atoms with Crippen LogP contribution in [0.2, 0.25) is 0 Å². The summed E-state index contributed by atoms with van der Waals surface area (Å²) in [5, 5.41) is 5.99. The average Bonchev–Trinajstić information content (AvgIpc) is 2.89. The van der Waals surface area contributed by atoms with Crippen molar-refractivity contribution in [1.29, 1.82) is 0 Å². The number of hydrogen-bond acceptors (Lipinski definition) is 5. The molecule has 1 aliphatic rings. The zero-order valence-electron chi connectivity index (χ0n) is 9.55. The van der Waals surface area contributed by atoms with Crippen LogP contribution in [0.25, 0.3) is 11.0 Å². The van der Waals surface area contributed by atoms with Gasteiger partial charge in [0.25, 0.3) is 0 Å². The first-order chi connectivity index (χ1) is 8.84. The van der Waals surface area contributed by atoms with Crippen molar-refractivity contribution >= 4 is 37.6 Å². The number of carbonyl (C=O) groups excluding carboxylic acids is 1. The summed E-state index contributed by atoms with van der Waals surface area (Å²) in [6.07, 6.45) is -0.432. The van der Waals surface area contributed by atoms with E-state index in [9.17, 15) is 4.79 Å². The molecule has 1 aromatic carbocycles. The second-order valence-electron chi connectivity index (χ2n) is 3.99. The van der Waals surface area contributed by atoms with Gasteiger partial charge in [0.1, 0.15) is 0 Å². The van der Waals surface area contributed by atoms with Crippen LogP contribution < -0.4 is 10.6 Å². The van der Waals surface area contributed by atoms with E-state index in [-0.39, 0.29) is 20.9 Å². The maximum atomic E-state index is 12.0. The number of hydrogen-bond donors (Lipinski definition) is 2. The van der Waals surface area contributed by atoms with Crippen molar-refractivity contribution in [3.05, 3.63) is 18.2 Å². The Morgan fingerprint density at radius 1 is 1.50 bits per heavy atom. The quantitative estimate of drug-likeness (QED) is 0.739. The number of benzene rings is 1. The predicted molar refractivity (Wildman–Crippen MR) is 67.7 cm³/mol. The molecular formula is C11H12N4O2Se. The molecule has 1 fully saturated rings. The fraction of sp³-hybridized carbons (Fsp3) is 0.364. The third-order valence-electron chi connectivity index (χ3n) is 2.76. The van der Waals surface area contributed by atoms with Crippen LogP contribution in [0.3, 0.4) is 0 Å². The molecule has 1 amide bonds. The Labute approximate surface area is 110 Å². The molecule has 1 aromatic heterocycles. The number of nitrogens with one attached hydrogen (secondary N) is 2. The molecule has 0 spiro atoms. The molecule has 7 heteroatoms. The number of morpholine rings is 1. The normalized spacial score (nSPS) is 19.9. The van der Waals surface area contributed by atoms with Crippen molar-refractivity contribution in [2.24, 2.45) is 0 Å². The van der Waals surface area contributed by atoms with E-state index in [4.69, 9.17) is 4.74 Å². The van der Waals surface area contributed by atoms with Crippen molar-refractivity contribution in [3.8, 4) is 0 Å². The van der Waals surface area contributed by atoms with E-state index in [0.29, 0.717) is 13.2 Å². The fourth-order valence-electron chi connectivity index (χ4n) is 1.85. The number of aromatic nitrogens is 2. The Kier molecular flexibility index (Phi) is 3.38. The van der Waals surface area contributed by atoms with Gasteiger partial charge in [0.2, 0.25) is 0 Å². The van der Waals surface area contributed by atoms with Crippen molar-refractivity contribution < 1.29 is 9.53 Å². The summed E-state index contributed by atoms with van der Waals surface area (Å²) in [6, 6.07) is 5.62. The van der Waals surface area contributed by atoms with Gasteiger partial charge < -0.3 is 0 Å². The van der Waals surface area contributed by atoms with Crippen LogP contribution in [0.5, 0.6) is 0 Å². The van der Waals surface area contributed by atoms with E-state index in [1.54, 1.807) is 0 Å². The average molecular weight is 311 g/mol. The maximum absolute atomic E-state index is 12.0. The van der Waals surface area contributed by atoms with Gasteiger partial charge in [0.15, 0.2) is 0 Å². The zero-order chi connectivity index (χ0) is 12.4. The molecule has 2 N–H and O–H groups in total. The summed E-state index contributed by atoms with van der Waals surface area (Å²) in [7, 11) is 0. The summed E-state index contributed by atoms with van der Waals surface area (Å²) in [5.41, 5.74) is 2.36. The predicted octanol–water partition coefficient (Wildman–Crippen LogP) is -0.386. The topological polar surface area (TPSA) is 76.1 Å². The van der Waals surface area contributed by atoms with Crippen LogP contribution in [0, 0.1) is 0 Å². The number of anilines is 1. The molecule has 0 radical (unpaired) electrons. The van der Waals surface area contributed by atoms with Crippen molar-refractivity contribution in [3.63, 3.8) is 0 Å². The van der Waals surface area contributed by atoms with Crippen molar-refractivity contribution in [2.45, 2.75) is 6.10 Å². The molecule has 18 heavy (non-hydrogen) atoms. The molecule has 1 unspecified atom stereocenters. The van der Waals surface area contributed by atoms with Crippen LogP contribution in [0.1, 0.15) is 0 Å². The molecule has 1 saturated heterocycles. The Morgan fingerprint density at radius 2 is 2.44 bits per heavy atom. The van der Waals surface area contributed by atoms with Gasteiger partial charge in [-0.05, 0) is 0 Å². The Balaban J connectivity index is 1.79. The first-order valence-corrected chi connectivity index (χ1v) is 7.22. The van der Waals surface area contributed by atoms with E-state index in [0.717, 1.165) is 23.3 Å². The summed E-state index contributed by atoms with van der Waals surface area (Å²) < 4.78 is 14.0. The van der Waals surface area contributed by atoms with E-state index < -0.39 is 6.10 Å². The number of amides is 1. The van der Waals surface area contributed by atoms with E-state index in [1.807, 2.05) is 18.2 Å². The fourth-order valence-corrected chi connectivity index (χ4v) is 3.01. The molecule has 0 aliphatic carbocycles. The minimum absolute atomic E-state index is 0.0912.